The van der Waals surface area contributed by atoms with Crippen molar-refractivity contribution in [3.63, 3.8) is 0 Å². The van der Waals surface area contributed by atoms with Gasteiger partial charge in [-0.15, -0.1) is 0 Å². The number of sulfonamides is 1. The largest absolute Gasteiger partial charge is 0.277 e. The quantitative estimate of drug-likeness (QED) is 0.750. The molecule has 0 aliphatic rings. The Morgan fingerprint density at radius 1 is 1.23 bits per heavy atom. The SMILES string of the molecule is N#Cc1cc(-c2n[nH]c3cc(Cl)ccc23)cc(S(N)(=O)=O)c1. The molecule has 0 amide bonds. The maximum atomic E-state index is 11.6. The van der Waals surface area contributed by atoms with Crippen molar-refractivity contribution in [1.29, 1.82) is 5.26 Å². The third-order valence-electron chi connectivity index (χ3n) is 3.16. The molecule has 0 bridgehead atoms. The van der Waals surface area contributed by atoms with E-state index in [4.69, 9.17) is 22.0 Å². The summed E-state index contributed by atoms with van der Waals surface area (Å²) < 4.78 is 23.1. The molecule has 3 N–H and O–H groups in total. The van der Waals surface area contributed by atoms with Crippen LogP contribution >= 0.6 is 11.6 Å². The monoisotopic (exact) mass is 332 g/mol. The molecule has 22 heavy (non-hydrogen) atoms. The first-order valence-corrected chi connectivity index (χ1v) is 8.03. The van der Waals surface area contributed by atoms with Gasteiger partial charge in [-0.3, -0.25) is 5.10 Å². The summed E-state index contributed by atoms with van der Waals surface area (Å²) in [5, 5.41) is 22.5. The highest BCUT2D eigenvalue weighted by Crippen LogP contribution is 2.30. The summed E-state index contributed by atoms with van der Waals surface area (Å²) in [5.74, 6) is 0. The van der Waals surface area contributed by atoms with Gasteiger partial charge in [0, 0.05) is 16.0 Å². The highest BCUT2D eigenvalue weighted by molar-refractivity contribution is 7.89. The van der Waals surface area contributed by atoms with Gasteiger partial charge in [-0.1, -0.05) is 11.6 Å². The van der Waals surface area contributed by atoms with E-state index in [9.17, 15) is 8.42 Å². The van der Waals surface area contributed by atoms with E-state index in [0.717, 1.165) is 5.39 Å². The Morgan fingerprint density at radius 3 is 2.68 bits per heavy atom. The molecule has 1 heterocycles. The number of primary sulfonamides is 1. The van der Waals surface area contributed by atoms with Crippen molar-refractivity contribution in [3.05, 3.63) is 47.0 Å². The molecule has 2 aromatic carbocycles. The van der Waals surface area contributed by atoms with Gasteiger partial charge in [0.05, 0.1) is 27.7 Å². The van der Waals surface area contributed by atoms with E-state index in [1.54, 1.807) is 24.3 Å². The number of fused-ring (bicyclic) bond motifs is 1. The minimum atomic E-state index is -3.92. The summed E-state index contributed by atoms with van der Waals surface area (Å²) in [4.78, 5) is -0.133. The number of nitriles is 1. The summed E-state index contributed by atoms with van der Waals surface area (Å²) >= 11 is 5.92. The van der Waals surface area contributed by atoms with Gasteiger partial charge >= 0.3 is 0 Å². The number of hydrogen-bond donors (Lipinski definition) is 2. The lowest BCUT2D eigenvalue weighted by molar-refractivity contribution is 0.598. The van der Waals surface area contributed by atoms with Crippen molar-refractivity contribution < 1.29 is 8.42 Å². The second-order valence-corrected chi connectivity index (χ2v) is 6.66. The Bertz CT molecular complexity index is 1030. The fourth-order valence-corrected chi connectivity index (χ4v) is 2.93. The van der Waals surface area contributed by atoms with E-state index < -0.39 is 10.0 Å². The van der Waals surface area contributed by atoms with Gasteiger partial charge in [0.25, 0.3) is 0 Å². The number of rotatable bonds is 2. The van der Waals surface area contributed by atoms with Crippen molar-refractivity contribution in [2.24, 2.45) is 5.14 Å². The lowest BCUT2D eigenvalue weighted by Gasteiger charge is -2.04. The molecule has 0 aliphatic heterocycles. The molecular formula is C14H9ClN4O2S. The number of aromatic nitrogens is 2. The van der Waals surface area contributed by atoms with Crippen LogP contribution in [0.2, 0.25) is 5.02 Å². The zero-order chi connectivity index (χ0) is 15.9. The van der Waals surface area contributed by atoms with Crippen LogP contribution < -0.4 is 5.14 Å². The van der Waals surface area contributed by atoms with Crippen LogP contribution in [0.5, 0.6) is 0 Å². The molecule has 0 atom stereocenters. The second kappa shape index (κ2) is 5.10. The van der Waals surface area contributed by atoms with Gasteiger partial charge in [0.2, 0.25) is 10.0 Å². The fraction of sp³-hybridized carbons (Fsp3) is 0. The van der Waals surface area contributed by atoms with Crippen LogP contribution in [0.1, 0.15) is 5.56 Å². The van der Waals surface area contributed by atoms with Crippen LogP contribution in [0.15, 0.2) is 41.3 Å². The molecule has 0 spiro atoms. The van der Waals surface area contributed by atoms with Crippen LogP contribution in [0, 0.1) is 11.3 Å². The van der Waals surface area contributed by atoms with Gasteiger partial charge in [0.15, 0.2) is 0 Å². The van der Waals surface area contributed by atoms with E-state index in [-0.39, 0.29) is 10.5 Å². The Labute approximate surface area is 131 Å². The topological polar surface area (TPSA) is 113 Å². The van der Waals surface area contributed by atoms with Gasteiger partial charge in [-0.2, -0.15) is 10.4 Å². The number of nitrogens with two attached hydrogens (primary N) is 1. The maximum absolute atomic E-state index is 11.6. The third-order valence-corrected chi connectivity index (χ3v) is 4.29. The van der Waals surface area contributed by atoms with Crippen LogP contribution in [-0.2, 0) is 10.0 Å². The zero-order valence-electron chi connectivity index (χ0n) is 11.0. The second-order valence-electron chi connectivity index (χ2n) is 4.66. The molecule has 3 aromatic rings. The standard InChI is InChI=1S/C14H9ClN4O2S/c15-10-1-2-12-13(6-10)18-19-14(12)9-3-8(7-16)4-11(5-9)22(17,20)21/h1-6H,(H,18,19)(H2,17,20,21). The first-order valence-electron chi connectivity index (χ1n) is 6.10. The molecule has 0 aliphatic carbocycles. The molecule has 0 saturated carbocycles. The average Bonchev–Trinajstić information content (AvgIpc) is 2.88. The summed E-state index contributed by atoms with van der Waals surface area (Å²) in [6.07, 6.45) is 0. The Morgan fingerprint density at radius 2 is 2.00 bits per heavy atom. The highest BCUT2D eigenvalue weighted by Gasteiger charge is 2.15. The molecule has 0 fully saturated rings. The van der Waals surface area contributed by atoms with Crippen molar-refractivity contribution in [2.45, 2.75) is 4.90 Å². The van der Waals surface area contributed by atoms with Crippen LogP contribution in [-0.4, -0.2) is 18.6 Å². The Hall–Kier alpha value is -2.40. The van der Waals surface area contributed by atoms with Gasteiger partial charge in [0.1, 0.15) is 0 Å². The number of nitrogens with zero attached hydrogens (tertiary/aromatic N) is 2. The lowest BCUT2D eigenvalue weighted by atomic mass is 10.1. The minimum Gasteiger partial charge on any atom is -0.277 e. The highest BCUT2D eigenvalue weighted by atomic mass is 35.5. The maximum Gasteiger partial charge on any atom is 0.238 e. The average molecular weight is 333 g/mol. The molecule has 1 aromatic heterocycles. The summed E-state index contributed by atoms with van der Waals surface area (Å²) in [5.41, 5.74) is 1.90. The number of hydrogen-bond acceptors (Lipinski definition) is 4. The molecule has 3 rings (SSSR count). The molecule has 6 nitrogen and oxygen atoms in total. The van der Waals surface area contributed by atoms with Crippen molar-refractivity contribution in [1.82, 2.24) is 10.2 Å². The Balaban J connectivity index is 2.29. The van der Waals surface area contributed by atoms with Crippen LogP contribution in [0.3, 0.4) is 0 Å². The van der Waals surface area contributed by atoms with Crippen molar-refractivity contribution >= 4 is 32.5 Å². The van der Waals surface area contributed by atoms with Crippen molar-refractivity contribution in [3.8, 4) is 17.3 Å². The first-order chi connectivity index (χ1) is 10.4. The van der Waals surface area contributed by atoms with Gasteiger partial charge in [-0.25, -0.2) is 13.6 Å². The number of H-pyrrole nitrogens is 1. The normalized spacial score (nSPS) is 11.5. The predicted octanol–water partition coefficient (Wildman–Crippen LogP) is 2.40. The number of nitrogens with one attached hydrogen (secondary N) is 1. The summed E-state index contributed by atoms with van der Waals surface area (Å²) in [7, 11) is -3.92. The smallest absolute Gasteiger partial charge is 0.238 e. The lowest BCUT2D eigenvalue weighted by Crippen LogP contribution is -2.12. The predicted molar refractivity (Wildman–Crippen MR) is 82.6 cm³/mol. The molecule has 110 valence electrons. The zero-order valence-corrected chi connectivity index (χ0v) is 12.6. The number of halogens is 1. The van der Waals surface area contributed by atoms with Crippen LogP contribution in [0.25, 0.3) is 22.2 Å². The third kappa shape index (κ3) is 2.55. The van der Waals surface area contributed by atoms with E-state index in [1.165, 1.54) is 12.1 Å². The number of aromatic amines is 1. The molecule has 0 saturated heterocycles. The Kier molecular flexibility index (Phi) is 3.37. The van der Waals surface area contributed by atoms with E-state index in [2.05, 4.69) is 10.2 Å². The molecular weight excluding hydrogens is 324 g/mol. The summed E-state index contributed by atoms with van der Waals surface area (Å²) in [6, 6.07) is 11.3. The van der Waals surface area contributed by atoms with Gasteiger partial charge in [-0.05, 0) is 36.4 Å². The summed E-state index contributed by atoms with van der Waals surface area (Å²) in [6.45, 7) is 0. The fourth-order valence-electron chi connectivity index (χ4n) is 2.18. The van der Waals surface area contributed by atoms with Gasteiger partial charge < -0.3 is 0 Å². The first kappa shape index (κ1) is 14.5. The number of benzene rings is 2. The van der Waals surface area contributed by atoms with E-state index in [1.807, 2.05) is 6.07 Å². The van der Waals surface area contributed by atoms with Crippen molar-refractivity contribution in [2.75, 3.05) is 0 Å². The van der Waals surface area contributed by atoms with E-state index >= 15 is 0 Å². The molecule has 0 radical (unpaired) electrons. The van der Waals surface area contributed by atoms with Crippen LogP contribution in [0.4, 0.5) is 0 Å². The minimum absolute atomic E-state index is 0.133. The molecule has 0 unspecified atom stereocenters. The molecule has 8 heteroatoms. The van der Waals surface area contributed by atoms with E-state index in [0.29, 0.717) is 21.8 Å².